The number of aromatic carboxylic acids is 1. The van der Waals surface area contributed by atoms with Crippen LogP contribution in [-0.4, -0.2) is 27.0 Å². The second-order valence-corrected chi connectivity index (χ2v) is 5.72. The standard InChI is InChI=1S/C14H17N3O6/c1-8-4-2-3-5-10(8)15-13-11(16(20)21)6-9(14(18)19)7-12(13)17(22)23/h6-8,10,15H,2-5H2,1H3,(H,18,19). The lowest BCUT2D eigenvalue weighted by Crippen LogP contribution is -2.31. The number of nitrogens with zero attached hydrogens (tertiary/aromatic N) is 2. The van der Waals surface area contributed by atoms with Crippen LogP contribution in [0.1, 0.15) is 43.0 Å². The highest BCUT2D eigenvalue weighted by Crippen LogP contribution is 2.38. The first-order valence-electron chi connectivity index (χ1n) is 7.28. The minimum atomic E-state index is -1.45. The van der Waals surface area contributed by atoms with E-state index >= 15 is 0 Å². The van der Waals surface area contributed by atoms with Gasteiger partial charge >= 0.3 is 5.97 Å². The van der Waals surface area contributed by atoms with Gasteiger partial charge in [-0.05, 0) is 18.8 Å². The summed E-state index contributed by atoms with van der Waals surface area (Å²) in [5.41, 5.74) is -1.88. The fourth-order valence-electron chi connectivity index (χ4n) is 2.89. The number of carboxylic acids is 1. The number of rotatable bonds is 5. The molecule has 1 saturated carbocycles. The minimum Gasteiger partial charge on any atom is -0.478 e. The summed E-state index contributed by atoms with van der Waals surface area (Å²) in [6.07, 6.45) is 3.70. The largest absolute Gasteiger partial charge is 0.478 e. The second kappa shape index (κ2) is 6.59. The zero-order valence-electron chi connectivity index (χ0n) is 12.5. The first-order chi connectivity index (χ1) is 10.8. The highest BCUT2D eigenvalue weighted by Gasteiger charge is 2.32. The molecule has 1 aliphatic rings. The Bertz CT molecular complexity index is 625. The van der Waals surface area contributed by atoms with Gasteiger partial charge in [0.25, 0.3) is 11.4 Å². The van der Waals surface area contributed by atoms with Gasteiger partial charge in [-0.15, -0.1) is 0 Å². The number of nitro benzene ring substituents is 2. The van der Waals surface area contributed by atoms with Crippen molar-refractivity contribution < 1.29 is 19.7 Å². The SMILES string of the molecule is CC1CCCCC1Nc1c([N+](=O)[O-])cc(C(=O)O)cc1[N+](=O)[O-]. The van der Waals surface area contributed by atoms with E-state index in [0.717, 1.165) is 37.8 Å². The predicted molar refractivity (Wildman–Crippen MR) is 81.8 cm³/mol. The van der Waals surface area contributed by atoms with E-state index in [9.17, 15) is 25.0 Å². The average Bonchev–Trinajstić information content (AvgIpc) is 2.48. The number of nitro groups is 2. The van der Waals surface area contributed by atoms with Crippen molar-refractivity contribution in [3.8, 4) is 0 Å². The molecular formula is C14H17N3O6. The fourth-order valence-corrected chi connectivity index (χ4v) is 2.89. The van der Waals surface area contributed by atoms with Crippen molar-refractivity contribution in [1.29, 1.82) is 0 Å². The second-order valence-electron chi connectivity index (χ2n) is 5.72. The summed E-state index contributed by atoms with van der Waals surface area (Å²) in [6.45, 7) is 1.99. The van der Waals surface area contributed by atoms with Gasteiger partial charge in [0.1, 0.15) is 0 Å². The molecule has 0 aromatic heterocycles. The molecule has 1 aromatic rings. The molecule has 0 spiro atoms. The van der Waals surface area contributed by atoms with Gasteiger partial charge in [0.05, 0.1) is 15.4 Å². The van der Waals surface area contributed by atoms with Crippen LogP contribution in [0.5, 0.6) is 0 Å². The number of carboxylic acid groups (broad SMARTS) is 1. The smallest absolute Gasteiger partial charge is 0.336 e. The molecule has 2 atom stereocenters. The lowest BCUT2D eigenvalue weighted by atomic mass is 9.85. The number of carbonyl (C=O) groups is 1. The van der Waals surface area contributed by atoms with Gasteiger partial charge in [-0.1, -0.05) is 19.8 Å². The normalized spacial score (nSPS) is 20.7. The molecule has 2 rings (SSSR count). The zero-order chi connectivity index (χ0) is 17.1. The first-order valence-corrected chi connectivity index (χ1v) is 7.28. The average molecular weight is 323 g/mol. The van der Waals surface area contributed by atoms with E-state index in [1.165, 1.54) is 0 Å². The van der Waals surface area contributed by atoms with Crippen LogP contribution >= 0.6 is 0 Å². The molecule has 0 aliphatic heterocycles. The molecule has 0 heterocycles. The maximum atomic E-state index is 11.2. The van der Waals surface area contributed by atoms with Crippen molar-refractivity contribution in [1.82, 2.24) is 0 Å². The van der Waals surface area contributed by atoms with Gasteiger partial charge in [0.15, 0.2) is 5.69 Å². The Kier molecular flexibility index (Phi) is 4.77. The third-order valence-electron chi connectivity index (χ3n) is 4.18. The van der Waals surface area contributed by atoms with E-state index in [1.807, 2.05) is 6.92 Å². The molecule has 2 N–H and O–H groups in total. The number of nitrogens with one attached hydrogen (secondary N) is 1. The topological polar surface area (TPSA) is 136 Å². The monoisotopic (exact) mass is 323 g/mol. The van der Waals surface area contributed by atoms with Gasteiger partial charge in [-0.2, -0.15) is 0 Å². The minimum absolute atomic E-state index is 0.114. The van der Waals surface area contributed by atoms with E-state index in [4.69, 9.17) is 5.11 Å². The Hall–Kier alpha value is -2.71. The summed E-state index contributed by atoms with van der Waals surface area (Å²) in [7, 11) is 0. The Balaban J connectivity index is 2.52. The summed E-state index contributed by atoms with van der Waals surface area (Å²) in [6, 6.07) is 1.59. The quantitative estimate of drug-likeness (QED) is 0.627. The Morgan fingerprint density at radius 1 is 1.17 bits per heavy atom. The fraction of sp³-hybridized carbons (Fsp3) is 0.500. The number of hydrogen-bond donors (Lipinski definition) is 2. The van der Waals surface area contributed by atoms with E-state index < -0.39 is 32.8 Å². The van der Waals surface area contributed by atoms with Crippen LogP contribution in [-0.2, 0) is 0 Å². The van der Waals surface area contributed by atoms with Gasteiger partial charge in [-0.3, -0.25) is 20.2 Å². The number of hydrogen-bond acceptors (Lipinski definition) is 6. The first kappa shape index (κ1) is 16.7. The molecule has 124 valence electrons. The van der Waals surface area contributed by atoms with Gasteiger partial charge in [0, 0.05) is 18.2 Å². The molecule has 0 radical (unpaired) electrons. The molecule has 0 bridgehead atoms. The molecule has 2 unspecified atom stereocenters. The predicted octanol–water partition coefficient (Wildman–Crippen LogP) is 3.19. The van der Waals surface area contributed by atoms with Crippen LogP contribution in [0.2, 0.25) is 0 Å². The third-order valence-corrected chi connectivity index (χ3v) is 4.18. The Morgan fingerprint density at radius 2 is 1.70 bits per heavy atom. The zero-order valence-corrected chi connectivity index (χ0v) is 12.5. The van der Waals surface area contributed by atoms with Crippen LogP contribution in [0.4, 0.5) is 17.1 Å². The maximum Gasteiger partial charge on any atom is 0.336 e. The van der Waals surface area contributed by atoms with Crippen molar-refractivity contribution in [3.63, 3.8) is 0 Å². The Labute approximate surface area is 131 Å². The van der Waals surface area contributed by atoms with Crippen molar-refractivity contribution in [3.05, 3.63) is 37.9 Å². The lowest BCUT2D eigenvalue weighted by Gasteiger charge is -2.30. The Morgan fingerprint density at radius 3 is 2.13 bits per heavy atom. The van der Waals surface area contributed by atoms with E-state index in [2.05, 4.69) is 5.32 Å². The molecule has 1 aromatic carbocycles. The lowest BCUT2D eigenvalue weighted by molar-refractivity contribution is -0.392. The molecule has 9 nitrogen and oxygen atoms in total. The summed E-state index contributed by atoms with van der Waals surface area (Å²) >= 11 is 0. The summed E-state index contributed by atoms with van der Waals surface area (Å²) in [5.74, 6) is -1.23. The van der Waals surface area contributed by atoms with Crippen LogP contribution < -0.4 is 5.32 Å². The van der Waals surface area contributed by atoms with Crippen LogP contribution in [0.25, 0.3) is 0 Å². The molecule has 1 aliphatic carbocycles. The van der Waals surface area contributed by atoms with Crippen molar-refractivity contribution in [2.75, 3.05) is 5.32 Å². The van der Waals surface area contributed by atoms with Gasteiger partial charge in [0.2, 0.25) is 0 Å². The molecule has 0 saturated heterocycles. The number of benzene rings is 1. The molecule has 1 fully saturated rings. The van der Waals surface area contributed by atoms with Crippen LogP contribution in [0.3, 0.4) is 0 Å². The van der Waals surface area contributed by atoms with Crippen molar-refractivity contribution in [2.45, 2.75) is 38.6 Å². The molecule has 9 heteroatoms. The molecule has 0 amide bonds. The van der Waals surface area contributed by atoms with Gasteiger partial charge in [-0.25, -0.2) is 4.79 Å². The summed E-state index contributed by atoms with van der Waals surface area (Å²) < 4.78 is 0. The highest BCUT2D eigenvalue weighted by molar-refractivity contribution is 5.92. The van der Waals surface area contributed by atoms with E-state index in [0.29, 0.717) is 0 Å². The molecular weight excluding hydrogens is 306 g/mol. The maximum absolute atomic E-state index is 11.2. The van der Waals surface area contributed by atoms with E-state index in [-0.39, 0.29) is 17.6 Å². The van der Waals surface area contributed by atoms with E-state index in [1.54, 1.807) is 0 Å². The third kappa shape index (κ3) is 3.55. The molecule has 23 heavy (non-hydrogen) atoms. The highest BCUT2D eigenvalue weighted by atomic mass is 16.6. The summed E-state index contributed by atoms with van der Waals surface area (Å²) in [4.78, 5) is 31.9. The summed E-state index contributed by atoms with van der Waals surface area (Å²) in [5, 5.41) is 34.4. The van der Waals surface area contributed by atoms with Crippen LogP contribution in [0.15, 0.2) is 12.1 Å². The van der Waals surface area contributed by atoms with Crippen LogP contribution in [0, 0.1) is 26.1 Å². The van der Waals surface area contributed by atoms with Crippen molar-refractivity contribution >= 4 is 23.0 Å². The van der Waals surface area contributed by atoms with Gasteiger partial charge < -0.3 is 10.4 Å². The van der Waals surface area contributed by atoms with Crippen molar-refractivity contribution in [2.24, 2.45) is 5.92 Å². The number of anilines is 1.